The number of fused-ring (bicyclic) bond motifs is 1. The molecule has 1 unspecified atom stereocenters. The molecule has 0 heterocycles. The van der Waals surface area contributed by atoms with Gasteiger partial charge in [0.25, 0.3) is 0 Å². The molecule has 0 amide bonds. The third-order valence-electron chi connectivity index (χ3n) is 3.73. The van der Waals surface area contributed by atoms with E-state index in [4.69, 9.17) is 4.74 Å². The van der Waals surface area contributed by atoms with Gasteiger partial charge < -0.3 is 9.84 Å². The highest BCUT2D eigenvalue weighted by atomic mass is 16.5. The van der Waals surface area contributed by atoms with Crippen molar-refractivity contribution in [3.63, 3.8) is 0 Å². The molecule has 2 nitrogen and oxygen atoms in total. The smallest absolute Gasteiger partial charge is 0.125 e. The Labute approximate surface area is 113 Å². The van der Waals surface area contributed by atoms with Crippen molar-refractivity contribution in [3.05, 3.63) is 65.2 Å². The molecule has 98 valence electrons. The number of aliphatic hydroxyl groups excluding tert-OH is 1. The van der Waals surface area contributed by atoms with Crippen LogP contribution in [0.3, 0.4) is 0 Å². The zero-order valence-electron chi connectivity index (χ0n) is 10.9. The van der Waals surface area contributed by atoms with Crippen molar-refractivity contribution < 1.29 is 9.84 Å². The third-order valence-corrected chi connectivity index (χ3v) is 3.73. The second-order valence-corrected chi connectivity index (χ2v) is 4.96. The first kappa shape index (κ1) is 12.2. The van der Waals surface area contributed by atoms with E-state index < -0.39 is 0 Å². The van der Waals surface area contributed by atoms with Gasteiger partial charge in [0.05, 0.1) is 6.61 Å². The van der Waals surface area contributed by atoms with Crippen molar-refractivity contribution in [1.82, 2.24) is 0 Å². The number of hydrogen-bond donors (Lipinski definition) is 1. The van der Waals surface area contributed by atoms with E-state index in [-0.39, 0.29) is 12.7 Å². The molecular formula is C17H18O2. The number of aliphatic hydroxyl groups is 1. The quantitative estimate of drug-likeness (QED) is 0.906. The number of para-hydroxylation sites is 1. The number of benzene rings is 2. The summed E-state index contributed by atoms with van der Waals surface area (Å²) in [6.07, 6.45) is 3.44. The zero-order chi connectivity index (χ0) is 13.1. The SMILES string of the molecule is OCc1ccccc1OC1CCCc2ccccc21. The van der Waals surface area contributed by atoms with Crippen LogP contribution >= 0.6 is 0 Å². The topological polar surface area (TPSA) is 29.5 Å². The molecule has 0 aromatic heterocycles. The molecular weight excluding hydrogens is 236 g/mol. The van der Waals surface area contributed by atoms with E-state index in [1.807, 2.05) is 24.3 Å². The van der Waals surface area contributed by atoms with Gasteiger partial charge in [0, 0.05) is 5.56 Å². The number of aryl methyl sites for hydroxylation is 1. The maximum Gasteiger partial charge on any atom is 0.125 e. The van der Waals surface area contributed by atoms with Crippen molar-refractivity contribution >= 4 is 0 Å². The van der Waals surface area contributed by atoms with Crippen LogP contribution in [-0.4, -0.2) is 5.11 Å². The summed E-state index contributed by atoms with van der Waals surface area (Å²) in [5, 5.41) is 9.36. The van der Waals surface area contributed by atoms with Gasteiger partial charge in [-0.15, -0.1) is 0 Å². The maximum atomic E-state index is 9.36. The van der Waals surface area contributed by atoms with Crippen LogP contribution in [0.5, 0.6) is 5.75 Å². The molecule has 1 atom stereocenters. The first-order valence-corrected chi connectivity index (χ1v) is 6.81. The second-order valence-electron chi connectivity index (χ2n) is 4.96. The van der Waals surface area contributed by atoms with Gasteiger partial charge in [0.2, 0.25) is 0 Å². The van der Waals surface area contributed by atoms with Crippen LogP contribution in [0.25, 0.3) is 0 Å². The van der Waals surface area contributed by atoms with Gasteiger partial charge in [0.1, 0.15) is 11.9 Å². The molecule has 2 aromatic carbocycles. The van der Waals surface area contributed by atoms with Gasteiger partial charge in [-0.05, 0) is 36.5 Å². The minimum Gasteiger partial charge on any atom is -0.485 e. The summed E-state index contributed by atoms with van der Waals surface area (Å²) in [6.45, 7) is 0.0184. The molecule has 0 saturated carbocycles. The van der Waals surface area contributed by atoms with Crippen molar-refractivity contribution in [1.29, 1.82) is 0 Å². The molecule has 2 aromatic rings. The average Bonchev–Trinajstić information content (AvgIpc) is 2.48. The van der Waals surface area contributed by atoms with Gasteiger partial charge in [-0.1, -0.05) is 42.5 Å². The summed E-state index contributed by atoms with van der Waals surface area (Å²) in [6, 6.07) is 16.2. The Bertz CT molecular complexity index is 563. The molecule has 3 rings (SSSR count). The van der Waals surface area contributed by atoms with E-state index in [9.17, 15) is 5.11 Å². The summed E-state index contributed by atoms with van der Waals surface area (Å²) in [7, 11) is 0. The Morgan fingerprint density at radius 3 is 2.74 bits per heavy atom. The minimum absolute atomic E-state index is 0.0184. The summed E-state index contributed by atoms with van der Waals surface area (Å²) in [5.41, 5.74) is 3.53. The van der Waals surface area contributed by atoms with Crippen LogP contribution in [0.15, 0.2) is 48.5 Å². The fourth-order valence-electron chi connectivity index (χ4n) is 2.73. The van der Waals surface area contributed by atoms with Crippen molar-refractivity contribution in [2.45, 2.75) is 32.0 Å². The molecule has 0 bridgehead atoms. The molecule has 0 radical (unpaired) electrons. The average molecular weight is 254 g/mol. The lowest BCUT2D eigenvalue weighted by molar-refractivity contribution is 0.176. The van der Waals surface area contributed by atoms with Gasteiger partial charge in [-0.25, -0.2) is 0 Å². The second kappa shape index (κ2) is 5.45. The van der Waals surface area contributed by atoms with E-state index >= 15 is 0 Å². The van der Waals surface area contributed by atoms with E-state index in [2.05, 4.69) is 24.3 Å². The first-order valence-electron chi connectivity index (χ1n) is 6.81. The van der Waals surface area contributed by atoms with Gasteiger partial charge in [0.15, 0.2) is 0 Å². The number of hydrogen-bond acceptors (Lipinski definition) is 2. The Hall–Kier alpha value is -1.80. The van der Waals surface area contributed by atoms with Crippen molar-refractivity contribution in [2.24, 2.45) is 0 Å². The molecule has 0 fully saturated rings. The Morgan fingerprint density at radius 2 is 1.84 bits per heavy atom. The number of ether oxygens (including phenoxy) is 1. The van der Waals surface area contributed by atoms with Crippen LogP contribution in [0, 0.1) is 0 Å². The van der Waals surface area contributed by atoms with Crippen LogP contribution in [0.2, 0.25) is 0 Å². The van der Waals surface area contributed by atoms with Gasteiger partial charge >= 0.3 is 0 Å². The molecule has 0 saturated heterocycles. The van der Waals surface area contributed by atoms with E-state index in [0.717, 1.165) is 30.6 Å². The summed E-state index contributed by atoms with van der Waals surface area (Å²) >= 11 is 0. The maximum absolute atomic E-state index is 9.36. The first-order chi connectivity index (χ1) is 9.38. The third kappa shape index (κ3) is 2.49. The lowest BCUT2D eigenvalue weighted by atomic mass is 9.89. The molecule has 0 aliphatic heterocycles. The Morgan fingerprint density at radius 1 is 1.05 bits per heavy atom. The van der Waals surface area contributed by atoms with Crippen molar-refractivity contribution in [3.8, 4) is 5.75 Å². The molecule has 1 N–H and O–H groups in total. The van der Waals surface area contributed by atoms with Crippen LogP contribution in [-0.2, 0) is 13.0 Å². The molecule has 1 aliphatic rings. The van der Waals surface area contributed by atoms with E-state index in [0.29, 0.717) is 0 Å². The predicted molar refractivity (Wildman–Crippen MR) is 75.1 cm³/mol. The molecule has 2 heteroatoms. The highest BCUT2D eigenvalue weighted by molar-refractivity contribution is 5.36. The fourth-order valence-corrected chi connectivity index (χ4v) is 2.73. The molecule has 1 aliphatic carbocycles. The standard InChI is InChI=1S/C17H18O2/c18-12-14-7-2-4-10-16(14)19-17-11-5-8-13-6-1-3-9-15(13)17/h1-4,6-7,9-10,17-18H,5,8,11-12H2. The highest BCUT2D eigenvalue weighted by Crippen LogP contribution is 2.34. The Kier molecular flexibility index (Phi) is 3.51. The summed E-state index contributed by atoms with van der Waals surface area (Å²) < 4.78 is 6.14. The van der Waals surface area contributed by atoms with E-state index in [1.54, 1.807) is 0 Å². The highest BCUT2D eigenvalue weighted by Gasteiger charge is 2.21. The monoisotopic (exact) mass is 254 g/mol. The van der Waals surface area contributed by atoms with Crippen molar-refractivity contribution in [2.75, 3.05) is 0 Å². The normalized spacial score (nSPS) is 17.8. The summed E-state index contributed by atoms with van der Waals surface area (Å²) in [4.78, 5) is 0. The van der Waals surface area contributed by atoms with Crippen LogP contribution in [0.4, 0.5) is 0 Å². The minimum atomic E-state index is 0.0184. The largest absolute Gasteiger partial charge is 0.485 e. The Balaban J connectivity index is 1.88. The van der Waals surface area contributed by atoms with Gasteiger partial charge in [-0.3, -0.25) is 0 Å². The van der Waals surface area contributed by atoms with E-state index in [1.165, 1.54) is 11.1 Å². The molecule has 19 heavy (non-hydrogen) atoms. The fraction of sp³-hybridized carbons (Fsp3) is 0.294. The summed E-state index contributed by atoms with van der Waals surface area (Å²) in [5.74, 6) is 0.798. The van der Waals surface area contributed by atoms with Gasteiger partial charge in [-0.2, -0.15) is 0 Å². The number of rotatable bonds is 3. The molecule has 0 spiro atoms. The van der Waals surface area contributed by atoms with Crippen LogP contribution in [0.1, 0.15) is 35.6 Å². The lowest BCUT2D eigenvalue weighted by Gasteiger charge is -2.27. The van der Waals surface area contributed by atoms with Crippen LogP contribution < -0.4 is 4.74 Å². The predicted octanol–water partition coefficient (Wildman–Crippen LogP) is 3.64. The lowest BCUT2D eigenvalue weighted by Crippen LogP contribution is -2.15. The zero-order valence-corrected chi connectivity index (χ0v) is 10.9.